The van der Waals surface area contributed by atoms with E-state index in [2.05, 4.69) is 29.4 Å². The molecule has 5 rings (SSSR count). The third-order valence-electron chi connectivity index (χ3n) is 5.85. The first-order valence-corrected chi connectivity index (χ1v) is 8.73. The van der Waals surface area contributed by atoms with Gasteiger partial charge in [0, 0.05) is 0 Å². The molecule has 1 N–H and O–H groups in total. The number of aromatic nitrogens is 2. The van der Waals surface area contributed by atoms with Gasteiger partial charge in [0.2, 0.25) is 11.0 Å². The molecule has 5 heteroatoms. The summed E-state index contributed by atoms with van der Waals surface area (Å²) in [7, 11) is 0. The SMILES string of the molecule is Cc1nnc(NC(=O)C23CC4C[C@@](C)(C2)C[C@](C)(C4)C3)s1. The van der Waals surface area contributed by atoms with Gasteiger partial charge >= 0.3 is 0 Å². The van der Waals surface area contributed by atoms with Crippen molar-refractivity contribution in [2.45, 2.75) is 59.3 Å². The molecule has 4 nitrogen and oxygen atoms in total. The van der Waals surface area contributed by atoms with Gasteiger partial charge in [-0.05, 0) is 62.2 Å². The van der Waals surface area contributed by atoms with Crippen LogP contribution >= 0.6 is 11.3 Å². The Morgan fingerprint density at radius 3 is 2.33 bits per heavy atom. The smallest absolute Gasteiger partial charge is 0.232 e. The Balaban J connectivity index is 1.63. The van der Waals surface area contributed by atoms with Gasteiger partial charge in [0.1, 0.15) is 5.01 Å². The average Bonchev–Trinajstić information content (AvgIpc) is 2.69. The quantitative estimate of drug-likeness (QED) is 0.904. The van der Waals surface area contributed by atoms with Crippen molar-refractivity contribution in [3.05, 3.63) is 5.01 Å². The van der Waals surface area contributed by atoms with Crippen molar-refractivity contribution in [2.75, 3.05) is 5.32 Å². The van der Waals surface area contributed by atoms with Crippen molar-refractivity contribution < 1.29 is 4.79 Å². The largest absolute Gasteiger partial charge is 0.300 e. The lowest BCUT2D eigenvalue weighted by Gasteiger charge is -2.64. The van der Waals surface area contributed by atoms with E-state index in [1.807, 2.05) is 6.92 Å². The van der Waals surface area contributed by atoms with Crippen LogP contribution in [0.15, 0.2) is 0 Å². The zero-order valence-corrected chi connectivity index (χ0v) is 13.8. The summed E-state index contributed by atoms with van der Waals surface area (Å²) < 4.78 is 0. The molecule has 1 amide bonds. The minimum Gasteiger partial charge on any atom is -0.300 e. The summed E-state index contributed by atoms with van der Waals surface area (Å²) in [5.41, 5.74) is 0.563. The lowest BCUT2D eigenvalue weighted by Crippen LogP contribution is -2.58. The fourth-order valence-corrected chi connectivity index (χ4v) is 6.86. The Bertz CT molecular complexity index is 592. The van der Waals surface area contributed by atoms with E-state index in [0.717, 1.165) is 30.2 Å². The highest BCUT2D eigenvalue weighted by Gasteiger charge is 2.62. The molecule has 21 heavy (non-hydrogen) atoms. The van der Waals surface area contributed by atoms with E-state index in [1.165, 1.54) is 30.6 Å². The molecule has 2 unspecified atom stereocenters. The molecule has 4 bridgehead atoms. The topological polar surface area (TPSA) is 54.9 Å². The molecule has 0 spiro atoms. The van der Waals surface area contributed by atoms with E-state index in [-0.39, 0.29) is 11.3 Å². The number of amides is 1. The Morgan fingerprint density at radius 2 is 1.81 bits per heavy atom. The highest BCUT2D eigenvalue weighted by atomic mass is 32.1. The summed E-state index contributed by atoms with van der Waals surface area (Å²) in [6.45, 7) is 6.71. The van der Waals surface area contributed by atoms with Crippen LogP contribution in [-0.2, 0) is 4.79 Å². The van der Waals surface area contributed by atoms with Gasteiger partial charge in [-0.3, -0.25) is 4.79 Å². The molecule has 0 saturated heterocycles. The van der Waals surface area contributed by atoms with Crippen molar-refractivity contribution in [1.29, 1.82) is 0 Å². The Labute approximate surface area is 129 Å². The molecule has 1 aromatic rings. The first-order chi connectivity index (χ1) is 9.80. The van der Waals surface area contributed by atoms with Crippen LogP contribution in [0, 0.1) is 29.1 Å². The number of anilines is 1. The minimum atomic E-state index is -0.164. The van der Waals surface area contributed by atoms with Crippen molar-refractivity contribution >= 4 is 22.4 Å². The molecule has 4 atom stereocenters. The van der Waals surface area contributed by atoms with E-state index in [1.54, 1.807) is 0 Å². The summed E-state index contributed by atoms with van der Waals surface area (Å²) in [4.78, 5) is 13.0. The number of carbonyl (C=O) groups is 1. The van der Waals surface area contributed by atoms with E-state index in [4.69, 9.17) is 0 Å². The molecule has 114 valence electrons. The number of hydrogen-bond acceptors (Lipinski definition) is 4. The second-order valence-corrected chi connectivity index (χ2v) is 9.67. The second kappa shape index (κ2) is 4.06. The Hall–Kier alpha value is -0.970. The average molecular weight is 305 g/mol. The van der Waals surface area contributed by atoms with Gasteiger partial charge in [-0.25, -0.2) is 0 Å². The molecule has 1 heterocycles. The highest BCUT2D eigenvalue weighted by Crippen LogP contribution is 2.69. The van der Waals surface area contributed by atoms with Crippen molar-refractivity contribution in [1.82, 2.24) is 10.2 Å². The first-order valence-electron chi connectivity index (χ1n) is 7.92. The zero-order chi connectivity index (χ0) is 14.9. The molecule has 1 aromatic heterocycles. The van der Waals surface area contributed by atoms with Crippen LogP contribution in [0.1, 0.15) is 57.4 Å². The maximum Gasteiger partial charge on any atom is 0.232 e. The van der Waals surface area contributed by atoms with Crippen LogP contribution in [-0.4, -0.2) is 16.1 Å². The van der Waals surface area contributed by atoms with Gasteiger partial charge in [-0.1, -0.05) is 25.2 Å². The molecule has 0 aliphatic heterocycles. The standard InChI is InChI=1S/C16H23N3OS/c1-10-18-19-13(21-10)17-12(20)16-6-11-4-14(2,8-16)7-15(3,5-11)9-16/h11H,4-9H2,1-3H3,(H,17,19,20)/t11?,14-,15+,16?. The van der Waals surface area contributed by atoms with Gasteiger partial charge in [-0.2, -0.15) is 0 Å². The third-order valence-corrected chi connectivity index (χ3v) is 6.61. The van der Waals surface area contributed by atoms with Crippen LogP contribution in [0.2, 0.25) is 0 Å². The van der Waals surface area contributed by atoms with E-state index >= 15 is 0 Å². The molecule has 0 radical (unpaired) electrons. The van der Waals surface area contributed by atoms with Crippen LogP contribution in [0.5, 0.6) is 0 Å². The zero-order valence-electron chi connectivity index (χ0n) is 13.0. The van der Waals surface area contributed by atoms with E-state index in [9.17, 15) is 4.79 Å². The van der Waals surface area contributed by atoms with Crippen molar-refractivity contribution in [3.8, 4) is 0 Å². The Kier molecular flexibility index (Phi) is 2.64. The maximum absolute atomic E-state index is 13.0. The third kappa shape index (κ3) is 2.12. The number of nitrogens with zero attached hydrogens (tertiary/aromatic N) is 2. The summed E-state index contributed by atoms with van der Waals surface area (Å²) in [6.07, 6.45) is 7.10. The number of rotatable bonds is 2. The molecular weight excluding hydrogens is 282 g/mol. The molecule has 4 saturated carbocycles. The fraction of sp³-hybridized carbons (Fsp3) is 0.812. The predicted molar refractivity (Wildman–Crippen MR) is 83.1 cm³/mol. The first kappa shape index (κ1) is 13.7. The highest BCUT2D eigenvalue weighted by molar-refractivity contribution is 7.15. The number of carbonyl (C=O) groups excluding carboxylic acids is 1. The van der Waals surface area contributed by atoms with Crippen LogP contribution in [0.4, 0.5) is 5.13 Å². The molecule has 4 aliphatic carbocycles. The monoisotopic (exact) mass is 305 g/mol. The summed E-state index contributed by atoms with van der Waals surface area (Å²) in [5.74, 6) is 0.929. The van der Waals surface area contributed by atoms with E-state index in [0.29, 0.717) is 16.0 Å². The maximum atomic E-state index is 13.0. The van der Waals surface area contributed by atoms with Crippen molar-refractivity contribution in [3.63, 3.8) is 0 Å². The van der Waals surface area contributed by atoms with Gasteiger partial charge in [0.15, 0.2) is 0 Å². The minimum absolute atomic E-state index is 0.164. The van der Waals surface area contributed by atoms with E-state index < -0.39 is 0 Å². The molecule has 4 fully saturated rings. The lowest BCUT2D eigenvalue weighted by atomic mass is 9.40. The van der Waals surface area contributed by atoms with Crippen LogP contribution in [0.25, 0.3) is 0 Å². The summed E-state index contributed by atoms with van der Waals surface area (Å²) in [6, 6.07) is 0. The molecule has 0 aromatic carbocycles. The second-order valence-electron chi connectivity index (χ2n) is 8.49. The van der Waals surface area contributed by atoms with Gasteiger partial charge in [-0.15, -0.1) is 10.2 Å². The predicted octanol–water partition coefficient (Wildman–Crippen LogP) is 3.78. The Morgan fingerprint density at radius 1 is 1.14 bits per heavy atom. The van der Waals surface area contributed by atoms with Gasteiger partial charge in [0.05, 0.1) is 5.41 Å². The van der Waals surface area contributed by atoms with Gasteiger partial charge in [0.25, 0.3) is 0 Å². The summed E-state index contributed by atoms with van der Waals surface area (Å²) >= 11 is 1.46. The molecule has 4 aliphatic rings. The molecular formula is C16H23N3OS. The van der Waals surface area contributed by atoms with Crippen LogP contribution < -0.4 is 5.32 Å². The number of hydrogen-bond donors (Lipinski definition) is 1. The van der Waals surface area contributed by atoms with Crippen LogP contribution in [0.3, 0.4) is 0 Å². The lowest BCUT2D eigenvalue weighted by molar-refractivity contribution is -0.165. The van der Waals surface area contributed by atoms with Gasteiger partial charge < -0.3 is 5.32 Å². The van der Waals surface area contributed by atoms with Crippen molar-refractivity contribution in [2.24, 2.45) is 22.2 Å². The number of nitrogens with one attached hydrogen (secondary N) is 1. The normalized spacial score (nSPS) is 44.0. The summed E-state index contributed by atoms with van der Waals surface area (Å²) in [5, 5.41) is 12.7. The fourth-order valence-electron chi connectivity index (χ4n) is 6.28. The number of aryl methyl sites for hydroxylation is 1.